The highest BCUT2D eigenvalue weighted by atomic mass is 35.5. The van der Waals surface area contributed by atoms with E-state index in [2.05, 4.69) is 10.3 Å². The van der Waals surface area contributed by atoms with Crippen molar-refractivity contribution in [1.29, 1.82) is 0 Å². The molecule has 0 spiro atoms. The van der Waals surface area contributed by atoms with Crippen molar-refractivity contribution in [1.82, 2.24) is 4.98 Å². The third kappa shape index (κ3) is 4.60. The van der Waals surface area contributed by atoms with Crippen molar-refractivity contribution >= 4 is 34.0 Å². The molecule has 0 fully saturated rings. The molecule has 1 N–H and O–H groups in total. The van der Waals surface area contributed by atoms with Gasteiger partial charge in [-0.15, -0.1) is 11.3 Å². The molecule has 1 aliphatic rings. The summed E-state index contributed by atoms with van der Waals surface area (Å²) >= 11 is 7.27. The zero-order chi connectivity index (χ0) is 21.3. The molecule has 1 amide bonds. The highest BCUT2D eigenvalue weighted by Crippen LogP contribution is 2.33. The monoisotopic (exact) mass is 452 g/mol. The van der Waals surface area contributed by atoms with Gasteiger partial charge < -0.3 is 10.1 Å². The standard InChI is InChI=1S/C21H16ClF3N2O2S/c22-17-6-5-15(21(23,24)25)8-13(17)9-16-10-26-20(30-16)27-19(28)14-7-12-3-1-2-4-18(12)29-11-14/h1-6,8,10,14H,7,9,11H2,(H,26,27,28). The van der Waals surface area contributed by atoms with Gasteiger partial charge in [0.25, 0.3) is 0 Å². The van der Waals surface area contributed by atoms with Crippen molar-refractivity contribution < 1.29 is 22.7 Å². The fourth-order valence-electron chi connectivity index (χ4n) is 3.23. The number of para-hydroxylation sites is 1. The second kappa shape index (κ2) is 8.28. The van der Waals surface area contributed by atoms with Gasteiger partial charge in [0.15, 0.2) is 5.13 Å². The first kappa shape index (κ1) is 20.7. The molecule has 1 unspecified atom stereocenters. The lowest BCUT2D eigenvalue weighted by molar-refractivity contribution is -0.137. The lowest BCUT2D eigenvalue weighted by atomic mass is 9.96. The van der Waals surface area contributed by atoms with Crippen molar-refractivity contribution in [3.63, 3.8) is 0 Å². The normalized spacial score (nSPS) is 15.9. The lowest BCUT2D eigenvalue weighted by Gasteiger charge is -2.24. The van der Waals surface area contributed by atoms with Gasteiger partial charge in [-0.1, -0.05) is 29.8 Å². The summed E-state index contributed by atoms with van der Waals surface area (Å²) in [4.78, 5) is 17.4. The summed E-state index contributed by atoms with van der Waals surface area (Å²) in [6, 6.07) is 10.8. The smallest absolute Gasteiger partial charge is 0.416 e. The molecular formula is C21H16ClF3N2O2S. The molecule has 4 rings (SSSR count). The van der Waals surface area contributed by atoms with Gasteiger partial charge in [-0.25, -0.2) is 4.98 Å². The number of thiazole rings is 1. The van der Waals surface area contributed by atoms with Crippen molar-refractivity contribution in [3.8, 4) is 5.75 Å². The Kier molecular flexibility index (Phi) is 5.71. The number of hydrogen-bond acceptors (Lipinski definition) is 4. The first-order valence-electron chi connectivity index (χ1n) is 9.11. The minimum atomic E-state index is -4.44. The number of alkyl halides is 3. The molecule has 0 radical (unpaired) electrons. The van der Waals surface area contributed by atoms with Crippen LogP contribution in [0.1, 0.15) is 21.6 Å². The number of halogens is 4. The van der Waals surface area contributed by atoms with Crippen LogP contribution in [0.3, 0.4) is 0 Å². The quantitative estimate of drug-likeness (QED) is 0.561. The third-order valence-corrected chi connectivity index (χ3v) is 6.05. The predicted molar refractivity (Wildman–Crippen MR) is 109 cm³/mol. The summed E-state index contributed by atoms with van der Waals surface area (Å²) in [5, 5.41) is 3.41. The van der Waals surface area contributed by atoms with Crippen LogP contribution >= 0.6 is 22.9 Å². The maximum absolute atomic E-state index is 12.9. The molecule has 156 valence electrons. The van der Waals surface area contributed by atoms with Crippen LogP contribution in [-0.4, -0.2) is 17.5 Å². The zero-order valence-corrected chi connectivity index (χ0v) is 17.1. The Morgan fingerprint density at radius 2 is 2.07 bits per heavy atom. The number of fused-ring (bicyclic) bond motifs is 1. The fourth-order valence-corrected chi connectivity index (χ4v) is 4.25. The van der Waals surface area contributed by atoms with Gasteiger partial charge in [0.2, 0.25) is 5.91 Å². The van der Waals surface area contributed by atoms with E-state index in [0.717, 1.165) is 23.4 Å². The lowest BCUT2D eigenvalue weighted by Crippen LogP contribution is -2.32. The number of nitrogens with zero attached hydrogens (tertiary/aromatic N) is 1. The Morgan fingerprint density at radius 3 is 2.87 bits per heavy atom. The van der Waals surface area contributed by atoms with Crippen LogP contribution in [-0.2, 0) is 23.8 Å². The third-order valence-electron chi connectivity index (χ3n) is 4.77. The Bertz CT molecular complexity index is 1080. The number of ether oxygens (including phenoxy) is 1. The molecule has 2 aromatic carbocycles. The first-order valence-corrected chi connectivity index (χ1v) is 10.3. The van der Waals surface area contributed by atoms with Gasteiger partial charge in [-0.2, -0.15) is 13.2 Å². The van der Waals surface area contributed by atoms with Crippen LogP contribution in [0.15, 0.2) is 48.7 Å². The van der Waals surface area contributed by atoms with Gasteiger partial charge in [0, 0.05) is 22.5 Å². The summed E-state index contributed by atoms with van der Waals surface area (Å²) in [5.74, 6) is 0.240. The average Bonchev–Trinajstić information content (AvgIpc) is 3.15. The molecule has 0 aliphatic carbocycles. The van der Waals surface area contributed by atoms with E-state index in [9.17, 15) is 18.0 Å². The fraction of sp³-hybridized carbons (Fsp3) is 0.238. The minimum Gasteiger partial charge on any atom is -0.492 e. The van der Waals surface area contributed by atoms with E-state index in [0.29, 0.717) is 22.0 Å². The van der Waals surface area contributed by atoms with Gasteiger partial charge in [-0.3, -0.25) is 4.79 Å². The molecular weight excluding hydrogens is 437 g/mol. The molecule has 1 aliphatic heterocycles. The van der Waals surface area contributed by atoms with Crippen LogP contribution in [0, 0.1) is 5.92 Å². The summed E-state index contributed by atoms with van der Waals surface area (Å²) in [6.07, 6.45) is -2.15. The summed E-state index contributed by atoms with van der Waals surface area (Å²) < 4.78 is 44.5. The number of rotatable bonds is 4. The van der Waals surface area contributed by atoms with E-state index in [4.69, 9.17) is 16.3 Å². The second-order valence-electron chi connectivity index (χ2n) is 6.92. The van der Waals surface area contributed by atoms with Crippen molar-refractivity contribution in [2.45, 2.75) is 19.0 Å². The van der Waals surface area contributed by atoms with Crippen molar-refractivity contribution in [2.24, 2.45) is 5.92 Å². The van der Waals surface area contributed by atoms with E-state index in [1.165, 1.54) is 23.6 Å². The van der Waals surface area contributed by atoms with Gasteiger partial charge >= 0.3 is 6.18 Å². The summed E-state index contributed by atoms with van der Waals surface area (Å²) in [6.45, 7) is 0.279. The van der Waals surface area contributed by atoms with Gasteiger partial charge in [0.05, 0.1) is 11.5 Å². The number of carbonyl (C=O) groups is 1. The maximum atomic E-state index is 12.9. The maximum Gasteiger partial charge on any atom is 0.416 e. The van der Waals surface area contributed by atoms with Gasteiger partial charge in [0.1, 0.15) is 12.4 Å². The van der Waals surface area contributed by atoms with Crippen LogP contribution in [0.2, 0.25) is 5.02 Å². The summed E-state index contributed by atoms with van der Waals surface area (Å²) in [7, 11) is 0. The van der Waals surface area contributed by atoms with Crippen molar-refractivity contribution in [2.75, 3.05) is 11.9 Å². The SMILES string of the molecule is O=C(Nc1ncc(Cc2cc(C(F)(F)F)ccc2Cl)s1)C1COc2ccccc2C1. The molecule has 1 atom stereocenters. The molecule has 9 heteroatoms. The van der Waals surface area contributed by atoms with Crippen LogP contribution < -0.4 is 10.1 Å². The number of carbonyl (C=O) groups excluding carboxylic acids is 1. The van der Waals surface area contributed by atoms with Crippen LogP contribution in [0.25, 0.3) is 0 Å². The average molecular weight is 453 g/mol. The van der Waals surface area contributed by atoms with Crippen LogP contribution in [0.4, 0.5) is 18.3 Å². The van der Waals surface area contributed by atoms with Crippen molar-refractivity contribution in [3.05, 3.63) is 75.3 Å². The largest absolute Gasteiger partial charge is 0.492 e. The molecule has 0 saturated carbocycles. The van der Waals surface area contributed by atoms with Gasteiger partial charge in [-0.05, 0) is 41.8 Å². The summed E-state index contributed by atoms with van der Waals surface area (Å²) in [5.41, 5.74) is 0.575. The van der Waals surface area contributed by atoms with E-state index in [1.54, 1.807) is 0 Å². The van der Waals surface area contributed by atoms with E-state index >= 15 is 0 Å². The number of benzene rings is 2. The van der Waals surface area contributed by atoms with Crippen LogP contribution in [0.5, 0.6) is 5.75 Å². The van der Waals surface area contributed by atoms with E-state index < -0.39 is 11.7 Å². The molecule has 0 saturated heterocycles. The Hall–Kier alpha value is -2.58. The number of hydrogen-bond donors (Lipinski definition) is 1. The van der Waals surface area contributed by atoms with E-state index in [-0.39, 0.29) is 29.9 Å². The molecule has 3 aromatic rings. The zero-order valence-electron chi connectivity index (χ0n) is 15.5. The van der Waals surface area contributed by atoms with E-state index in [1.807, 2.05) is 24.3 Å². The topological polar surface area (TPSA) is 51.2 Å². The Labute approximate surface area is 179 Å². The first-order chi connectivity index (χ1) is 14.3. The molecule has 1 aromatic heterocycles. The highest BCUT2D eigenvalue weighted by Gasteiger charge is 2.31. The minimum absolute atomic E-state index is 0.191. The Morgan fingerprint density at radius 1 is 1.27 bits per heavy atom. The Balaban J connectivity index is 1.42. The number of anilines is 1. The molecule has 4 nitrogen and oxygen atoms in total. The second-order valence-corrected chi connectivity index (χ2v) is 8.44. The highest BCUT2D eigenvalue weighted by molar-refractivity contribution is 7.15. The predicted octanol–water partition coefficient (Wildman–Crippen LogP) is 5.60. The number of nitrogens with one attached hydrogen (secondary N) is 1. The molecule has 2 heterocycles. The number of aromatic nitrogens is 1. The number of amides is 1. The molecule has 30 heavy (non-hydrogen) atoms. The molecule has 0 bridgehead atoms.